The van der Waals surface area contributed by atoms with Crippen molar-refractivity contribution in [2.75, 3.05) is 6.54 Å². The second-order valence-electron chi connectivity index (χ2n) is 14.1. The zero-order valence-corrected chi connectivity index (χ0v) is 28.3. The number of hydrogen-bond donors (Lipinski definition) is 1. The van der Waals surface area contributed by atoms with Crippen LogP contribution in [-0.2, 0) is 16.0 Å². The Morgan fingerprint density at radius 1 is 1.13 bits per heavy atom. The van der Waals surface area contributed by atoms with Gasteiger partial charge in [-0.15, -0.1) is 0 Å². The molecule has 248 valence electrons. The third-order valence-corrected chi connectivity index (χ3v) is 11.6. The first-order chi connectivity index (χ1) is 21.2. The molecule has 45 heavy (non-hydrogen) atoms. The summed E-state index contributed by atoms with van der Waals surface area (Å²) in [4.78, 5) is 40.4. The predicted molar refractivity (Wildman–Crippen MR) is 175 cm³/mol. The van der Waals surface area contributed by atoms with Gasteiger partial charge in [0.2, 0.25) is 0 Å². The van der Waals surface area contributed by atoms with Crippen LogP contribution in [0.3, 0.4) is 0 Å². The highest BCUT2D eigenvalue weighted by Gasteiger charge is 2.62. The molecule has 0 aliphatic heterocycles. The fourth-order valence-electron chi connectivity index (χ4n) is 8.44. The number of nitrogens with zero attached hydrogens (tertiary/aromatic N) is 1. The van der Waals surface area contributed by atoms with E-state index in [0.717, 1.165) is 18.4 Å². The van der Waals surface area contributed by atoms with Gasteiger partial charge in [-0.25, -0.2) is 0 Å². The van der Waals surface area contributed by atoms with Crippen molar-refractivity contribution >= 4 is 29.1 Å². The van der Waals surface area contributed by atoms with Gasteiger partial charge in [-0.05, 0) is 92.1 Å². The zero-order valence-electron chi connectivity index (χ0n) is 27.5. The molecule has 0 bridgehead atoms. The van der Waals surface area contributed by atoms with Gasteiger partial charge in [-0.1, -0.05) is 64.1 Å². The third kappa shape index (κ3) is 7.39. The molecule has 3 unspecified atom stereocenters. The van der Waals surface area contributed by atoms with E-state index in [9.17, 15) is 19.5 Å². The number of hydrogen-bond acceptors (Lipinski definition) is 4. The summed E-state index contributed by atoms with van der Waals surface area (Å²) < 4.78 is 31.5. The van der Waals surface area contributed by atoms with Gasteiger partial charge < -0.3 is 10.0 Å². The second-order valence-corrected chi connectivity index (χ2v) is 14.5. The van der Waals surface area contributed by atoms with Crippen LogP contribution < -0.4 is 0 Å². The lowest BCUT2D eigenvalue weighted by Crippen LogP contribution is -2.49. The van der Waals surface area contributed by atoms with Gasteiger partial charge in [-0.2, -0.15) is 8.78 Å². The van der Waals surface area contributed by atoms with Crippen LogP contribution in [0.2, 0.25) is 5.02 Å². The summed E-state index contributed by atoms with van der Waals surface area (Å²) in [5, 5.41) is 9.61. The van der Waals surface area contributed by atoms with Crippen LogP contribution in [0, 0.1) is 35.0 Å². The predicted octanol–water partition coefficient (Wildman–Crippen LogP) is 9.18. The van der Waals surface area contributed by atoms with Gasteiger partial charge in [0.05, 0.1) is 10.7 Å². The quantitative estimate of drug-likeness (QED) is 0.104. The summed E-state index contributed by atoms with van der Waals surface area (Å²) in [5.41, 5.74) is 1.39. The van der Waals surface area contributed by atoms with Crippen LogP contribution in [0.15, 0.2) is 42.1 Å². The maximum atomic E-state index is 15.8. The van der Waals surface area contributed by atoms with E-state index in [-0.39, 0.29) is 72.4 Å². The normalized spacial score (nSPS) is 26.3. The molecule has 3 saturated carbocycles. The number of alkyl halides is 2. The SMILES string of the molecule is C=CC(C(=O)CC(CCC(=O)c1c(Cl)cccc1CC)C1CC2C(C1)C2(C)C)=C(N(CC)C1CC(CC(=O)O)C1)C(F)(F)CC. The molecule has 8 heteroatoms. The number of halogens is 3. The molecule has 3 atom stereocenters. The maximum Gasteiger partial charge on any atom is 0.303 e. The van der Waals surface area contributed by atoms with Crippen molar-refractivity contribution in [1.82, 2.24) is 4.90 Å². The van der Waals surface area contributed by atoms with Crippen LogP contribution in [0.25, 0.3) is 0 Å². The molecule has 0 radical (unpaired) electrons. The van der Waals surface area contributed by atoms with E-state index in [1.54, 1.807) is 17.9 Å². The van der Waals surface area contributed by atoms with E-state index in [0.29, 0.717) is 53.5 Å². The fraction of sp³-hybridized carbons (Fsp3) is 0.649. The Balaban J connectivity index is 1.60. The Morgan fingerprint density at radius 2 is 1.78 bits per heavy atom. The molecule has 3 aliphatic rings. The lowest BCUT2D eigenvalue weighted by atomic mass is 9.76. The smallest absolute Gasteiger partial charge is 0.303 e. The zero-order chi connectivity index (χ0) is 33.3. The van der Waals surface area contributed by atoms with E-state index in [2.05, 4.69) is 20.4 Å². The summed E-state index contributed by atoms with van der Waals surface area (Å²) >= 11 is 6.46. The number of rotatable bonds is 17. The van der Waals surface area contributed by atoms with Gasteiger partial charge >= 0.3 is 5.97 Å². The van der Waals surface area contributed by atoms with E-state index >= 15 is 8.78 Å². The Kier molecular flexibility index (Phi) is 11.0. The van der Waals surface area contributed by atoms with Crippen molar-refractivity contribution in [1.29, 1.82) is 0 Å². The van der Waals surface area contributed by atoms with Gasteiger partial charge in [0.1, 0.15) is 0 Å². The highest BCUT2D eigenvalue weighted by Crippen LogP contribution is 2.69. The molecule has 5 nitrogen and oxygen atoms in total. The number of carboxylic acids is 1. The van der Waals surface area contributed by atoms with Crippen molar-refractivity contribution in [2.45, 2.75) is 111 Å². The molecule has 3 fully saturated rings. The van der Waals surface area contributed by atoms with E-state index < -0.39 is 18.3 Å². The highest BCUT2D eigenvalue weighted by molar-refractivity contribution is 6.34. The third-order valence-electron chi connectivity index (χ3n) is 11.3. The standard InChI is InChI=1S/C37H50ClF2NO4/c1-7-23-12-11-13-30(38)34(23)31(42)15-14-24(25-19-28-29(20-25)36(28,5)6)21-32(43)27(8-2)35(37(39,40)9-3)41(10-4)26-16-22(17-26)18-33(44)45/h8,11-13,22,24-26,28-29H,2,7,9-10,14-21H2,1,3-6H3,(H,44,45). The van der Waals surface area contributed by atoms with Crippen LogP contribution in [-0.4, -0.2) is 46.1 Å². The highest BCUT2D eigenvalue weighted by atomic mass is 35.5. The largest absolute Gasteiger partial charge is 0.481 e. The van der Waals surface area contributed by atoms with Crippen LogP contribution in [0.4, 0.5) is 8.78 Å². The van der Waals surface area contributed by atoms with Crippen molar-refractivity contribution in [3.05, 3.63) is 58.3 Å². The van der Waals surface area contributed by atoms with Gasteiger partial charge in [-0.3, -0.25) is 14.4 Å². The number of carboxylic acid groups (broad SMARTS) is 1. The molecule has 1 aromatic carbocycles. The number of aliphatic carboxylic acids is 1. The van der Waals surface area contributed by atoms with Crippen molar-refractivity contribution in [2.24, 2.45) is 35.0 Å². The Hall–Kier alpha value is -2.54. The van der Waals surface area contributed by atoms with Crippen molar-refractivity contribution in [3.63, 3.8) is 0 Å². The number of carbonyl (C=O) groups excluding carboxylic acids is 2. The lowest BCUT2D eigenvalue weighted by Gasteiger charge is -2.46. The molecular formula is C37H50ClF2NO4. The minimum Gasteiger partial charge on any atom is -0.481 e. The maximum absolute atomic E-state index is 15.8. The molecule has 1 N–H and O–H groups in total. The Labute approximate surface area is 272 Å². The minimum atomic E-state index is -3.25. The molecule has 0 spiro atoms. The van der Waals surface area contributed by atoms with Crippen LogP contribution in [0.5, 0.6) is 0 Å². The molecule has 3 aliphatic carbocycles. The van der Waals surface area contributed by atoms with Crippen molar-refractivity contribution < 1.29 is 28.3 Å². The summed E-state index contributed by atoms with van der Waals surface area (Å²) in [6.45, 7) is 13.9. The Morgan fingerprint density at radius 3 is 2.31 bits per heavy atom. The number of ketones is 2. The molecule has 0 heterocycles. The number of aryl methyl sites for hydroxylation is 1. The fourth-order valence-corrected chi connectivity index (χ4v) is 8.74. The van der Waals surface area contributed by atoms with E-state index in [4.69, 9.17) is 11.6 Å². The number of allylic oxidation sites excluding steroid dienone is 3. The van der Waals surface area contributed by atoms with Gasteiger partial charge in [0, 0.05) is 49.4 Å². The summed E-state index contributed by atoms with van der Waals surface area (Å²) in [5.74, 6) is -3.31. The summed E-state index contributed by atoms with van der Waals surface area (Å²) in [6.07, 6.45) is 5.27. The molecule has 0 amide bonds. The lowest BCUT2D eigenvalue weighted by molar-refractivity contribution is -0.139. The van der Waals surface area contributed by atoms with Crippen LogP contribution >= 0.6 is 11.6 Å². The molecular weight excluding hydrogens is 596 g/mol. The molecule has 1 aromatic rings. The summed E-state index contributed by atoms with van der Waals surface area (Å²) in [7, 11) is 0. The van der Waals surface area contributed by atoms with E-state index in [1.807, 2.05) is 19.1 Å². The molecule has 0 aromatic heterocycles. The first-order valence-electron chi connectivity index (χ1n) is 16.8. The van der Waals surface area contributed by atoms with E-state index in [1.165, 1.54) is 13.0 Å². The summed E-state index contributed by atoms with van der Waals surface area (Å²) in [6, 6.07) is 5.22. The average Bonchev–Trinajstić information content (AvgIpc) is 3.26. The average molecular weight is 646 g/mol. The first-order valence-corrected chi connectivity index (χ1v) is 17.1. The second kappa shape index (κ2) is 14.1. The van der Waals surface area contributed by atoms with Crippen LogP contribution in [0.1, 0.15) is 108 Å². The van der Waals surface area contributed by atoms with Gasteiger partial charge in [0.25, 0.3) is 5.92 Å². The number of benzene rings is 1. The van der Waals surface area contributed by atoms with Gasteiger partial charge in [0.15, 0.2) is 11.6 Å². The molecule has 0 saturated heterocycles. The number of Topliss-reactive ketones (excluding diaryl/α,β-unsaturated/α-hetero) is 2. The number of fused-ring (bicyclic) bond motifs is 1. The first kappa shape index (κ1) is 35.3. The number of carbonyl (C=O) groups is 3. The van der Waals surface area contributed by atoms with Crippen molar-refractivity contribution in [3.8, 4) is 0 Å². The minimum absolute atomic E-state index is 0.0129. The molecule has 4 rings (SSSR count). The monoisotopic (exact) mass is 645 g/mol. The Bertz CT molecular complexity index is 1320. The topological polar surface area (TPSA) is 74.7 Å².